The molecule has 5 nitrogen and oxygen atoms in total. The highest BCUT2D eigenvalue weighted by Crippen LogP contribution is 2.18. The summed E-state index contributed by atoms with van der Waals surface area (Å²) in [7, 11) is 0. The molecule has 2 fully saturated rings. The molecule has 90 valence electrons. The van der Waals surface area contributed by atoms with Crippen LogP contribution in [-0.2, 0) is 9.59 Å². The minimum absolute atomic E-state index is 0.0654. The lowest BCUT2D eigenvalue weighted by atomic mass is 9.92. The molecule has 16 heavy (non-hydrogen) atoms. The SMILES string of the molecule is O=C1CC[C@@H](C(=O)NC2CCCCC2O)N1. The van der Waals surface area contributed by atoms with Gasteiger partial charge in [-0.15, -0.1) is 0 Å². The fraction of sp³-hybridized carbons (Fsp3) is 0.818. The quantitative estimate of drug-likeness (QED) is 0.604. The zero-order chi connectivity index (χ0) is 11.5. The number of hydrogen-bond donors (Lipinski definition) is 3. The van der Waals surface area contributed by atoms with E-state index in [-0.39, 0.29) is 17.9 Å². The molecule has 2 rings (SSSR count). The molecule has 3 atom stereocenters. The lowest BCUT2D eigenvalue weighted by Crippen LogP contribution is -2.50. The van der Waals surface area contributed by atoms with Crippen LogP contribution >= 0.6 is 0 Å². The molecule has 5 heteroatoms. The number of aliphatic hydroxyl groups excluding tert-OH is 1. The Hall–Kier alpha value is -1.10. The van der Waals surface area contributed by atoms with E-state index in [4.69, 9.17) is 0 Å². The van der Waals surface area contributed by atoms with Gasteiger partial charge in [0.25, 0.3) is 0 Å². The summed E-state index contributed by atoms with van der Waals surface area (Å²) in [6, 6.07) is -0.541. The van der Waals surface area contributed by atoms with E-state index in [9.17, 15) is 14.7 Å². The number of hydrogen-bond acceptors (Lipinski definition) is 3. The second-order valence-electron chi connectivity index (χ2n) is 4.63. The Morgan fingerprint density at radius 1 is 1.31 bits per heavy atom. The number of carbonyl (C=O) groups is 2. The summed E-state index contributed by atoms with van der Waals surface area (Å²) in [5.74, 6) is -0.221. The van der Waals surface area contributed by atoms with Gasteiger partial charge in [0.05, 0.1) is 12.1 Å². The summed E-state index contributed by atoms with van der Waals surface area (Å²) < 4.78 is 0. The maximum Gasteiger partial charge on any atom is 0.242 e. The van der Waals surface area contributed by atoms with E-state index in [0.29, 0.717) is 12.8 Å². The molecule has 2 amide bonds. The minimum Gasteiger partial charge on any atom is -0.391 e. The van der Waals surface area contributed by atoms with Crippen LogP contribution < -0.4 is 10.6 Å². The van der Waals surface area contributed by atoms with Crippen LogP contribution in [0.3, 0.4) is 0 Å². The standard InChI is InChI=1S/C11H18N2O3/c14-9-4-2-1-3-7(9)13-11(16)8-5-6-10(15)12-8/h7-9,14H,1-6H2,(H,12,15)(H,13,16)/t7?,8-,9?/m0/s1. The normalized spacial score (nSPS) is 34.6. The Labute approximate surface area is 94.6 Å². The minimum atomic E-state index is -0.435. The van der Waals surface area contributed by atoms with Crippen LogP contribution in [0.4, 0.5) is 0 Å². The number of rotatable bonds is 2. The smallest absolute Gasteiger partial charge is 0.242 e. The molecular formula is C11H18N2O3. The van der Waals surface area contributed by atoms with E-state index in [1.807, 2.05) is 0 Å². The van der Waals surface area contributed by atoms with Crippen molar-refractivity contribution in [1.29, 1.82) is 0 Å². The lowest BCUT2D eigenvalue weighted by Gasteiger charge is -2.29. The predicted molar refractivity (Wildman–Crippen MR) is 57.6 cm³/mol. The van der Waals surface area contributed by atoms with E-state index in [2.05, 4.69) is 10.6 Å². The Morgan fingerprint density at radius 3 is 2.69 bits per heavy atom. The molecule has 0 spiro atoms. The first-order chi connectivity index (χ1) is 7.66. The van der Waals surface area contributed by atoms with Crippen LogP contribution in [-0.4, -0.2) is 35.1 Å². The molecule has 1 heterocycles. The molecular weight excluding hydrogens is 208 g/mol. The highest BCUT2D eigenvalue weighted by Gasteiger charge is 2.31. The van der Waals surface area contributed by atoms with Crippen molar-refractivity contribution in [2.45, 2.75) is 56.7 Å². The molecule has 2 aliphatic rings. The van der Waals surface area contributed by atoms with Gasteiger partial charge in [0, 0.05) is 6.42 Å². The van der Waals surface area contributed by atoms with E-state index in [0.717, 1.165) is 25.7 Å². The Bertz CT molecular complexity index is 293. The average molecular weight is 226 g/mol. The maximum atomic E-state index is 11.8. The molecule has 1 aliphatic carbocycles. The van der Waals surface area contributed by atoms with Gasteiger partial charge in [-0.25, -0.2) is 0 Å². The summed E-state index contributed by atoms with van der Waals surface area (Å²) in [5, 5.41) is 15.2. The first-order valence-electron chi connectivity index (χ1n) is 5.94. The Kier molecular flexibility index (Phi) is 3.43. The van der Waals surface area contributed by atoms with Crippen molar-refractivity contribution in [2.24, 2.45) is 0 Å². The zero-order valence-corrected chi connectivity index (χ0v) is 9.24. The molecule has 0 aromatic carbocycles. The third kappa shape index (κ3) is 2.52. The third-order valence-corrected chi connectivity index (χ3v) is 3.37. The van der Waals surface area contributed by atoms with Gasteiger partial charge in [-0.1, -0.05) is 12.8 Å². The summed E-state index contributed by atoms with van der Waals surface area (Å²) >= 11 is 0. The molecule has 0 bridgehead atoms. The molecule has 3 N–H and O–H groups in total. The first kappa shape index (κ1) is 11.4. The summed E-state index contributed by atoms with van der Waals surface area (Å²) in [6.07, 6.45) is 4.19. The number of aliphatic hydroxyl groups is 1. The molecule has 0 aromatic heterocycles. The molecule has 0 aromatic rings. The van der Waals surface area contributed by atoms with Gasteiger partial charge in [0.15, 0.2) is 0 Å². The van der Waals surface area contributed by atoms with Gasteiger partial charge in [-0.3, -0.25) is 9.59 Å². The van der Waals surface area contributed by atoms with Crippen molar-refractivity contribution in [3.63, 3.8) is 0 Å². The highest BCUT2D eigenvalue weighted by molar-refractivity contribution is 5.90. The summed E-state index contributed by atoms with van der Waals surface area (Å²) in [4.78, 5) is 22.7. The van der Waals surface area contributed by atoms with E-state index in [1.54, 1.807) is 0 Å². The number of amides is 2. The monoisotopic (exact) mass is 226 g/mol. The lowest BCUT2D eigenvalue weighted by molar-refractivity contribution is -0.127. The fourth-order valence-corrected chi connectivity index (χ4v) is 2.37. The van der Waals surface area contributed by atoms with Gasteiger partial charge in [-0.05, 0) is 19.3 Å². The Balaban J connectivity index is 1.84. The second kappa shape index (κ2) is 4.82. The van der Waals surface area contributed by atoms with Crippen molar-refractivity contribution in [2.75, 3.05) is 0 Å². The Morgan fingerprint density at radius 2 is 2.06 bits per heavy atom. The van der Waals surface area contributed by atoms with Crippen LogP contribution in [0.2, 0.25) is 0 Å². The van der Waals surface area contributed by atoms with Crippen LogP contribution in [0.15, 0.2) is 0 Å². The summed E-state index contributed by atoms with van der Waals surface area (Å²) in [6.45, 7) is 0. The van der Waals surface area contributed by atoms with E-state index >= 15 is 0 Å². The van der Waals surface area contributed by atoms with Crippen molar-refractivity contribution >= 4 is 11.8 Å². The van der Waals surface area contributed by atoms with E-state index in [1.165, 1.54) is 0 Å². The van der Waals surface area contributed by atoms with Crippen LogP contribution in [0.25, 0.3) is 0 Å². The average Bonchev–Trinajstić information content (AvgIpc) is 2.68. The topological polar surface area (TPSA) is 78.4 Å². The predicted octanol–water partition coefficient (Wildman–Crippen LogP) is -0.315. The zero-order valence-electron chi connectivity index (χ0n) is 9.24. The summed E-state index contributed by atoms with van der Waals surface area (Å²) in [5.41, 5.74) is 0. The van der Waals surface area contributed by atoms with Gasteiger partial charge in [0.1, 0.15) is 6.04 Å². The van der Waals surface area contributed by atoms with Crippen molar-refractivity contribution < 1.29 is 14.7 Å². The first-order valence-corrected chi connectivity index (χ1v) is 5.94. The largest absolute Gasteiger partial charge is 0.391 e. The molecule has 1 aliphatic heterocycles. The van der Waals surface area contributed by atoms with E-state index < -0.39 is 12.1 Å². The fourth-order valence-electron chi connectivity index (χ4n) is 2.37. The molecule has 0 radical (unpaired) electrons. The highest BCUT2D eigenvalue weighted by atomic mass is 16.3. The van der Waals surface area contributed by atoms with Gasteiger partial charge in [0.2, 0.25) is 11.8 Å². The van der Waals surface area contributed by atoms with Crippen molar-refractivity contribution in [3.05, 3.63) is 0 Å². The molecule has 1 saturated carbocycles. The van der Waals surface area contributed by atoms with Crippen LogP contribution in [0, 0.1) is 0 Å². The third-order valence-electron chi connectivity index (χ3n) is 3.37. The van der Waals surface area contributed by atoms with Gasteiger partial charge < -0.3 is 15.7 Å². The number of carbonyl (C=O) groups excluding carboxylic acids is 2. The van der Waals surface area contributed by atoms with Crippen molar-refractivity contribution in [3.8, 4) is 0 Å². The van der Waals surface area contributed by atoms with Crippen LogP contribution in [0.1, 0.15) is 38.5 Å². The van der Waals surface area contributed by atoms with Gasteiger partial charge in [-0.2, -0.15) is 0 Å². The second-order valence-corrected chi connectivity index (χ2v) is 4.63. The molecule has 2 unspecified atom stereocenters. The maximum absolute atomic E-state index is 11.8. The number of nitrogens with one attached hydrogen (secondary N) is 2. The van der Waals surface area contributed by atoms with Gasteiger partial charge >= 0.3 is 0 Å². The molecule has 1 saturated heterocycles. The van der Waals surface area contributed by atoms with Crippen molar-refractivity contribution in [1.82, 2.24) is 10.6 Å². The van der Waals surface area contributed by atoms with Crippen LogP contribution in [0.5, 0.6) is 0 Å².